The molecule has 0 bridgehead atoms. The summed E-state index contributed by atoms with van der Waals surface area (Å²) in [4.78, 5) is 35.6. The number of morpholine rings is 1. The molecule has 0 aromatic rings. The Balaban J connectivity index is 2.56. The number of rotatable bonds is 4. The maximum atomic E-state index is 12.0. The first kappa shape index (κ1) is 16.2. The molecule has 1 rings (SSSR count). The van der Waals surface area contributed by atoms with E-state index in [2.05, 4.69) is 10.1 Å². The molecule has 8 heteroatoms. The first-order valence-corrected chi connectivity index (χ1v) is 6.25. The van der Waals surface area contributed by atoms with Crippen LogP contribution in [0.5, 0.6) is 0 Å². The maximum absolute atomic E-state index is 12.0. The summed E-state index contributed by atoms with van der Waals surface area (Å²) in [7, 11) is 1.28. The van der Waals surface area contributed by atoms with Crippen LogP contribution in [0.4, 0.5) is 4.79 Å². The Morgan fingerprint density at radius 2 is 2.10 bits per heavy atom. The number of methoxy groups -OCH3 is 1. The minimum atomic E-state index is -1.35. The zero-order chi connectivity index (χ0) is 15.3. The van der Waals surface area contributed by atoms with Crippen molar-refractivity contribution in [2.45, 2.75) is 31.9 Å². The maximum Gasteiger partial charge on any atom is 0.328 e. The van der Waals surface area contributed by atoms with E-state index in [4.69, 9.17) is 9.84 Å². The fraction of sp³-hybridized carbons (Fsp3) is 0.750. The number of carbonyl (C=O) groups excluding carboxylic acids is 2. The van der Waals surface area contributed by atoms with Crippen LogP contribution in [0, 0.1) is 0 Å². The second-order valence-electron chi connectivity index (χ2n) is 5.08. The molecule has 114 valence electrons. The van der Waals surface area contributed by atoms with Crippen molar-refractivity contribution < 1.29 is 29.0 Å². The number of nitrogens with one attached hydrogen (secondary N) is 1. The standard InChI is InChI=1S/C12H20N2O6/c1-12(2,10(16)17)13-11(18)14-4-5-20-8(7-14)6-9(15)19-3/h8H,4-7H2,1-3H3,(H,13,18)(H,16,17). The van der Waals surface area contributed by atoms with Gasteiger partial charge in [0, 0.05) is 13.1 Å². The lowest BCUT2D eigenvalue weighted by Crippen LogP contribution is -2.57. The lowest BCUT2D eigenvalue weighted by Gasteiger charge is -2.34. The van der Waals surface area contributed by atoms with Gasteiger partial charge in [0.15, 0.2) is 0 Å². The van der Waals surface area contributed by atoms with Crippen molar-refractivity contribution >= 4 is 18.0 Å². The smallest absolute Gasteiger partial charge is 0.328 e. The Labute approximate surface area is 117 Å². The van der Waals surface area contributed by atoms with E-state index in [0.717, 1.165) is 0 Å². The van der Waals surface area contributed by atoms with Crippen molar-refractivity contribution in [3.63, 3.8) is 0 Å². The van der Waals surface area contributed by atoms with E-state index >= 15 is 0 Å². The van der Waals surface area contributed by atoms with Gasteiger partial charge in [-0.05, 0) is 13.8 Å². The van der Waals surface area contributed by atoms with Gasteiger partial charge in [-0.3, -0.25) is 4.79 Å². The van der Waals surface area contributed by atoms with Gasteiger partial charge >= 0.3 is 18.0 Å². The topological polar surface area (TPSA) is 105 Å². The van der Waals surface area contributed by atoms with Crippen molar-refractivity contribution in [1.82, 2.24) is 10.2 Å². The molecule has 1 unspecified atom stereocenters. The number of amides is 2. The van der Waals surface area contributed by atoms with E-state index in [9.17, 15) is 14.4 Å². The molecular weight excluding hydrogens is 268 g/mol. The molecule has 0 spiro atoms. The largest absolute Gasteiger partial charge is 0.480 e. The quantitative estimate of drug-likeness (QED) is 0.695. The normalized spacial score (nSPS) is 19.4. The molecule has 0 aromatic heterocycles. The highest BCUT2D eigenvalue weighted by Crippen LogP contribution is 2.11. The molecule has 1 heterocycles. The summed E-state index contributed by atoms with van der Waals surface area (Å²) in [6.45, 7) is 3.66. The van der Waals surface area contributed by atoms with Crippen molar-refractivity contribution in [1.29, 1.82) is 0 Å². The van der Waals surface area contributed by atoms with Crippen molar-refractivity contribution in [3.05, 3.63) is 0 Å². The van der Waals surface area contributed by atoms with E-state index in [1.54, 1.807) is 0 Å². The van der Waals surface area contributed by atoms with Crippen molar-refractivity contribution in [2.24, 2.45) is 0 Å². The van der Waals surface area contributed by atoms with Crippen LogP contribution in [-0.4, -0.2) is 66.4 Å². The van der Waals surface area contributed by atoms with E-state index in [-0.39, 0.29) is 13.0 Å². The van der Waals surface area contributed by atoms with Crippen LogP contribution in [0.25, 0.3) is 0 Å². The molecule has 1 aliphatic rings. The third kappa shape index (κ3) is 4.37. The third-order valence-corrected chi connectivity index (χ3v) is 3.00. The average Bonchev–Trinajstić information content (AvgIpc) is 2.38. The molecular formula is C12H20N2O6. The van der Waals surface area contributed by atoms with E-state index in [0.29, 0.717) is 13.2 Å². The summed E-state index contributed by atoms with van der Waals surface area (Å²) in [5, 5.41) is 11.4. The predicted molar refractivity (Wildman–Crippen MR) is 68.2 cm³/mol. The highest BCUT2D eigenvalue weighted by atomic mass is 16.5. The SMILES string of the molecule is COC(=O)CC1CN(C(=O)NC(C)(C)C(=O)O)CCO1. The van der Waals surface area contributed by atoms with Gasteiger partial charge in [-0.2, -0.15) is 0 Å². The minimum Gasteiger partial charge on any atom is -0.480 e. The Morgan fingerprint density at radius 1 is 1.45 bits per heavy atom. The van der Waals surface area contributed by atoms with Gasteiger partial charge in [-0.25, -0.2) is 9.59 Å². The van der Waals surface area contributed by atoms with Gasteiger partial charge in [0.1, 0.15) is 5.54 Å². The van der Waals surface area contributed by atoms with Crippen molar-refractivity contribution in [2.75, 3.05) is 26.8 Å². The van der Waals surface area contributed by atoms with Gasteiger partial charge in [0.25, 0.3) is 0 Å². The first-order valence-electron chi connectivity index (χ1n) is 6.25. The van der Waals surface area contributed by atoms with Crippen LogP contribution in [-0.2, 0) is 19.1 Å². The number of carboxylic acid groups (broad SMARTS) is 1. The molecule has 1 saturated heterocycles. The number of carbonyl (C=O) groups is 3. The van der Waals surface area contributed by atoms with E-state index in [1.165, 1.54) is 25.9 Å². The molecule has 1 atom stereocenters. The Morgan fingerprint density at radius 3 is 2.65 bits per heavy atom. The van der Waals surface area contributed by atoms with Crippen LogP contribution < -0.4 is 5.32 Å². The second-order valence-corrected chi connectivity index (χ2v) is 5.08. The fourth-order valence-electron chi connectivity index (χ4n) is 1.70. The number of urea groups is 1. The number of hydrogen-bond acceptors (Lipinski definition) is 5. The molecule has 2 N–H and O–H groups in total. The molecule has 8 nitrogen and oxygen atoms in total. The summed E-state index contributed by atoms with van der Waals surface area (Å²) < 4.78 is 9.91. The number of aliphatic carboxylic acids is 1. The zero-order valence-corrected chi connectivity index (χ0v) is 11.8. The van der Waals surface area contributed by atoms with Crippen LogP contribution in [0.2, 0.25) is 0 Å². The zero-order valence-electron chi connectivity index (χ0n) is 11.8. The van der Waals surface area contributed by atoms with Crippen LogP contribution in [0.3, 0.4) is 0 Å². The summed E-state index contributed by atoms with van der Waals surface area (Å²) >= 11 is 0. The summed E-state index contributed by atoms with van der Waals surface area (Å²) in [5.41, 5.74) is -1.35. The number of esters is 1. The number of hydrogen-bond donors (Lipinski definition) is 2. The monoisotopic (exact) mass is 288 g/mol. The Kier molecular flexibility index (Phi) is 5.32. The highest BCUT2D eigenvalue weighted by molar-refractivity contribution is 5.85. The molecule has 2 amide bonds. The molecule has 0 aliphatic carbocycles. The summed E-state index contributed by atoms with van der Waals surface area (Å²) in [5.74, 6) is -1.53. The van der Waals surface area contributed by atoms with Gasteiger partial charge in [-0.15, -0.1) is 0 Å². The fourth-order valence-corrected chi connectivity index (χ4v) is 1.70. The van der Waals surface area contributed by atoms with Gasteiger partial charge in [-0.1, -0.05) is 0 Å². The van der Waals surface area contributed by atoms with E-state index in [1.807, 2.05) is 0 Å². The molecule has 0 aromatic carbocycles. The number of carboxylic acids is 1. The first-order chi connectivity index (χ1) is 9.26. The second kappa shape index (κ2) is 6.56. The Hall–Kier alpha value is -1.83. The lowest BCUT2D eigenvalue weighted by molar-refractivity contribution is -0.145. The molecule has 0 saturated carbocycles. The molecule has 1 aliphatic heterocycles. The average molecular weight is 288 g/mol. The van der Waals surface area contributed by atoms with Gasteiger partial charge in [0.05, 0.1) is 26.2 Å². The number of ether oxygens (including phenoxy) is 2. The molecule has 1 fully saturated rings. The molecule has 20 heavy (non-hydrogen) atoms. The lowest BCUT2D eigenvalue weighted by atomic mass is 10.1. The number of nitrogens with zero attached hydrogens (tertiary/aromatic N) is 1. The summed E-state index contributed by atoms with van der Waals surface area (Å²) in [6, 6.07) is -0.490. The van der Waals surface area contributed by atoms with Crippen LogP contribution in [0.15, 0.2) is 0 Å². The minimum absolute atomic E-state index is 0.0581. The van der Waals surface area contributed by atoms with E-state index < -0.39 is 29.6 Å². The predicted octanol–water partition coefficient (Wildman–Crippen LogP) is -0.177. The highest BCUT2D eigenvalue weighted by Gasteiger charge is 2.33. The molecule has 0 radical (unpaired) electrons. The van der Waals surface area contributed by atoms with Gasteiger partial charge in [0.2, 0.25) is 0 Å². The van der Waals surface area contributed by atoms with Crippen molar-refractivity contribution in [3.8, 4) is 0 Å². The van der Waals surface area contributed by atoms with Gasteiger partial charge < -0.3 is 24.8 Å². The van der Waals surface area contributed by atoms with Crippen LogP contribution in [0.1, 0.15) is 20.3 Å². The Bertz CT molecular complexity index is 395. The van der Waals surface area contributed by atoms with Crippen LogP contribution >= 0.6 is 0 Å². The third-order valence-electron chi connectivity index (χ3n) is 3.00. The summed E-state index contributed by atoms with van der Waals surface area (Å²) in [6.07, 6.45) is -0.377.